The maximum absolute atomic E-state index is 10.1. The van der Waals surface area contributed by atoms with Crippen LogP contribution in [0.15, 0.2) is 0 Å². The Kier molecular flexibility index (Phi) is 11.8. The van der Waals surface area contributed by atoms with Crippen molar-refractivity contribution >= 4 is 7.91 Å². The van der Waals surface area contributed by atoms with Crippen molar-refractivity contribution in [2.75, 3.05) is 55.4 Å². The number of hydrogen-bond donors (Lipinski definition) is 0. The van der Waals surface area contributed by atoms with Crippen molar-refractivity contribution in [1.29, 1.82) is 0 Å². The smallest absolute Gasteiger partial charge is 0.110 e. The monoisotopic (exact) mass is 274 g/mol. The molecule has 108 valence electrons. The number of quaternary nitrogens is 2. The van der Waals surface area contributed by atoms with E-state index in [0.29, 0.717) is 0 Å². The Hall–Kier alpha value is -0.0000000000000000555. The summed E-state index contributed by atoms with van der Waals surface area (Å²) in [5.41, 5.74) is 0. The van der Waals surface area contributed by atoms with E-state index in [1.54, 1.807) is 0 Å². The summed E-state index contributed by atoms with van der Waals surface area (Å²) >= 11 is 0. The van der Waals surface area contributed by atoms with E-state index in [1.807, 2.05) is 0 Å². The van der Waals surface area contributed by atoms with Crippen molar-refractivity contribution < 1.29 is 27.5 Å². The second-order valence-electron chi connectivity index (χ2n) is 5.64. The molecule has 7 heteroatoms. The molecule has 5 nitrogen and oxygen atoms in total. The van der Waals surface area contributed by atoms with Gasteiger partial charge in [-0.2, -0.15) is 0 Å². The minimum absolute atomic E-state index is 1.07. The molecule has 0 atom stereocenters. The molecule has 0 saturated carbocycles. The van der Waals surface area contributed by atoms with E-state index in [0.717, 1.165) is 8.97 Å². The molecule has 0 aliphatic carbocycles. The molecule has 0 aliphatic heterocycles. The summed E-state index contributed by atoms with van der Waals surface area (Å²) in [7, 11) is 7.44. The van der Waals surface area contributed by atoms with Gasteiger partial charge in [0.25, 0.3) is 0 Å². The number of rotatable bonds is 2. The van der Waals surface area contributed by atoms with Crippen LogP contribution >= 0.6 is 7.91 Å². The Labute approximate surface area is 105 Å². The van der Waals surface area contributed by atoms with Crippen molar-refractivity contribution in [3.8, 4) is 0 Å². The van der Waals surface area contributed by atoms with E-state index in [1.165, 1.54) is 13.1 Å². The fourth-order valence-corrected chi connectivity index (χ4v) is 0. The van der Waals surface area contributed by atoms with Crippen LogP contribution < -0.4 is 9.79 Å². The normalized spacial score (nSPS) is 11.9. The molecular formula is C10H28FN2O3P. The molecule has 0 spiro atoms. The zero-order valence-electron chi connectivity index (χ0n) is 12.4. The SMILES string of the molecule is CC[N+](C)(C)C.CC[N+](C)(C)C.O=P([O-])([O-])F. The van der Waals surface area contributed by atoms with Gasteiger partial charge in [-0.25, -0.2) is 4.20 Å². The molecule has 0 saturated heterocycles. The number of halogens is 1. The standard InChI is InChI=1S/2C5H14N.FH2O3P/c2*1-5-6(2,3)4;1-5(2,3)4/h2*5H2,1-4H3;(H2,2,3,4)/q2*+1;/p-2. The van der Waals surface area contributed by atoms with Crippen LogP contribution in [0, 0.1) is 0 Å². The summed E-state index contributed by atoms with van der Waals surface area (Å²) < 4.78 is 20.7. The zero-order chi connectivity index (χ0) is 14.9. The first-order valence-electron chi connectivity index (χ1n) is 5.45. The summed E-state index contributed by atoms with van der Waals surface area (Å²) in [6, 6.07) is 0. The highest BCUT2D eigenvalue weighted by molar-refractivity contribution is 7.42. The number of hydrogen-bond acceptors (Lipinski definition) is 3. The van der Waals surface area contributed by atoms with Crippen molar-refractivity contribution in [2.45, 2.75) is 13.8 Å². The van der Waals surface area contributed by atoms with Gasteiger partial charge in [-0.1, -0.05) is 0 Å². The van der Waals surface area contributed by atoms with E-state index in [4.69, 9.17) is 14.4 Å². The minimum atomic E-state index is -5.64. The Bertz CT molecular complexity index is 196. The Balaban J connectivity index is -0.000000174. The summed E-state index contributed by atoms with van der Waals surface area (Å²) in [5.74, 6) is 0. The third-order valence-corrected chi connectivity index (χ3v) is 1.90. The van der Waals surface area contributed by atoms with Crippen molar-refractivity contribution in [2.24, 2.45) is 0 Å². The molecule has 0 N–H and O–H groups in total. The quantitative estimate of drug-likeness (QED) is 0.534. The molecular weight excluding hydrogens is 246 g/mol. The molecule has 17 heavy (non-hydrogen) atoms. The Morgan fingerprint density at radius 3 is 0.941 bits per heavy atom. The third kappa shape index (κ3) is 87.1. The lowest BCUT2D eigenvalue weighted by atomic mass is 10.6. The van der Waals surface area contributed by atoms with E-state index in [2.05, 4.69) is 56.1 Å². The third-order valence-electron chi connectivity index (χ3n) is 1.90. The van der Waals surface area contributed by atoms with Gasteiger partial charge >= 0.3 is 0 Å². The van der Waals surface area contributed by atoms with E-state index < -0.39 is 7.91 Å². The lowest BCUT2D eigenvalue weighted by Gasteiger charge is -2.20. The van der Waals surface area contributed by atoms with Crippen molar-refractivity contribution in [1.82, 2.24) is 0 Å². The van der Waals surface area contributed by atoms with Crippen molar-refractivity contribution in [3.05, 3.63) is 0 Å². The fraction of sp³-hybridized carbons (Fsp3) is 1.00. The van der Waals surface area contributed by atoms with Gasteiger partial charge in [0.05, 0.1) is 55.4 Å². The van der Waals surface area contributed by atoms with Crippen LogP contribution in [0.5, 0.6) is 0 Å². The highest BCUT2D eigenvalue weighted by Crippen LogP contribution is 2.22. The topological polar surface area (TPSA) is 63.2 Å². The van der Waals surface area contributed by atoms with E-state index >= 15 is 0 Å². The fourth-order valence-electron chi connectivity index (χ4n) is 0. The maximum atomic E-state index is 10.1. The molecule has 0 bridgehead atoms. The van der Waals surface area contributed by atoms with E-state index in [-0.39, 0.29) is 0 Å². The summed E-state index contributed by atoms with van der Waals surface area (Å²) in [6.45, 7) is 6.78. The average molecular weight is 274 g/mol. The average Bonchev–Trinajstić information content (AvgIpc) is 2.00. The molecule has 0 radical (unpaired) electrons. The summed E-state index contributed by atoms with van der Waals surface area (Å²) in [5, 5.41) is 0. The Morgan fingerprint density at radius 1 is 0.882 bits per heavy atom. The van der Waals surface area contributed by atoms with Gasteiger partial charge in [-0.3, -0.25) is 0 Å². The highest BCUT2D eigenvalue weighted by Gasteiger charge is 1.98. The second-order valence-corrected chi connectivity index (χ2v) is 6.50. The van der Waals surface area contributed by atoms with Crippen LogP contribution in [0.4, 0.5) is 4.20 Å². The highest BCUT2D eigenvalue weighted by atomic mass is 31.2. The largest absolute Gasteiger partial charge is 0.786 e. The first-order valence-corrected chi connectivity index (χ1v) is 6.88. The lowest BCUT2D eigenvalue weighted by molar-refractivity contribution is -0.868. The van der Waals surface area contributed by atoms with Gasteiger partial charge in [0.1, 0.15) is 7.91 Å². The van der Waals surface area contributed by atoms with Crippen LogP contribution in [0.1, 0.15) is 13.8 Å². The van der Waals surface area contributed by atoms with Gasteiger partial charge in [-0.05, 0) is 13.8 Å². The molecule has 0 aromatic heterocycles. The minimum Gasteiger partial charge on any atom is -0.786 e. The number of nitrogens with zero attached hydrogens (tertiary/aromatic N) is 2. The summed E-state index contributed by atoms with van der Waals surface area (Å²) in [6.07, 6.45) is 0. The molecule has 0 unspecified atom stereocenters. The predicted molar refractivity (Wildman–Crippen MR) is 65.9 cm³/mol. The zero-order valence-corrected chi connectivity index (χ0v) is 13.3. The lowest BCUT2D eigenvalue weighted by Crippen LogP contribution is -2.33. The summed E-state index contributed by atoms with van der Waals surface area (Å²) in [4.78, 5) is 16.9. The first-order chi connectivity index (χ1) is 7.12. The van der Waals surface area contributed by atoms with Gasteiger partial charge in [0.2, 0.25) is 0 Å². The Morgan fingerprint density at radius 2 is 0.941 bits per heavy atom. The van der Waals surface area contributed by atoms with Gasteiger partial charge in [-0.15, -0.1) is 0 Å². The van der Waals surface area contributed by atoms with E-state index in [9.17, 15) is 4.20 Å². The predicted octanol–water partition coefficient (Wildman–Crippen LogP) is 0.210. The van der Waals surface area contributed by atoms with Gasteiger partial charge in [0, 0.05) is 0 Å². The van der Waals surface area contributed by atoms with Crippen LogP contribution in [0.3, 0.4) is 0 Å². The molecule has 0 heterocycles. The van der Waals surface area contributed by atoms with Crippen LogP contribution in [0.2, 0.25) is 0 Å². The molecule has 0 fully saturated rings. The van der Waals surface area contributed by atoms with Gasteiger partial charge < -0.3 is 23.3 Å². The van der Waals surface area contributed by atoms with Crippen LogP contribution in [-0.2, 0) is 4.57 Å². The van der Waals surface area contributed by atoms with Crippen LogP contribution in [-0.4, -0.2) is 64.3 Å². The molecule has 0 amide bonds. The molecule has 0 rings (SSSR count). The maximum Gasteiger partial charge on any atom is 0.110 e. The van der Waals surface area contributed by atoms with Crippen molar-refractivity contribution in [3.63, 3.8) is 0 Å². The van der Waals surface area contributed by atoms with Gasteiger partial charge in [0.15, 0.2) is 0 Å². The molecule has 0 aliphatic rings. The molecule has 0 aromatic carbocycles. The second kappa shape index (κ2) is 9.00. The van der Waals surface area contributed by atoms with Crippen LogP contribution in [0.25, 0.3) is 0 Å². The molecule has 0 aromatic rings. The first kappa shape index (κ1) is 22.2.